The van der Waals surface area contributed by atoms with Crippen molar-refractivity contribution in [2.45, 2.75) is 18.7 Å². The highest BCUT2D eigenvalue weighted by Crippen LogP contribution is 2.14. The van der Waals surface area contributed by atoms with E-state index in [1.54, 1.807) is 11.8 Å². The van der Waals surface area contributed by atoms with E-state index in [1.807, 2.05) is 0 Å². The van der Waals surface area contributed by atoms with E-state index >= 15 is 0 Å². The Labute approximate surface area is 97.5 Å². The molecule has 2 heterocycles. The lowest BCUT2D eigenvalue weighted by molar-refractivity contribution is -0.121. The summed E-state index contributed by atoms with van der Waals surface area (Å²) in [5.41, 5.74) is 0. The number of piperazine rings is 1. The van der Waals surface area contributed by atoms with Gasteiger partial charge < -0.3 is 9.84 Å². The average Bonchev–Trinajstić information content (AvgIpc) is 2.76. The number of nitrogens with zero attached hydrogens (tertiary/aromatic N) is 2. The molecule has 16 heavy (non-hydrogen) atoms. The minimum atomic E-state index is -0.0643. The molecule has 7 heteroatoms. The third-order valence-electron chi connectivity index (χ3n) is 2.23. The second kappa shape index (κ2) is 5.31. The van der Waals surface area contributed by atoms with Crippen LogP contribution >= 0.6 is 11.8 Å². The molecule has 0 aromatic carbocycles. The van der Waals surface area contributed by atoms with Crippen LogP contribution in [0.2, 0.25) is 0 Å². The molecule has 1 aliphatic rings. The van der Waals surface area contributed by atoms with Gasteiger partial charge in [0.2, 0.25) is 11.8 Å². The van der Waals surface area contributed by atoms with Crippen LogP contribution in [0.3, 0.4) is 0 Å². The van der Waals surface area contributed by atoms with E-state index in [-0.39, 0.29) is 11.9 Å². The van der Waals surface area contributed by atoms with Crippen molar-refractivity contribution in [2.75, 3.05) is 18.8 Å². The van der Waals surface area contributed by atoms with Gasteiger partial charge >= 0.3 is 0 Å². The van der Waals surface area contributed by atoms with Crippen LogP contribution in [-0.4, -0.2) is 34.9 Å². The molecule has 1 atom stereocenters. The minimum Gasteiger partial charge on any atom is -0.353 e. The summed E-state index contributed by atoms with van der Waals surface area (Å²) >= 11 is 1.75. The third kappa shape index (κ3) is 2.73. The lowest BCUT2D eigenvalue weighted by atomic mass is 10.2. The van der Waals surface area contributed by atoms with Crippen molar-refractivity contribution in [2.24, 2.45) is 0 Å². The topological polar surface area (TPSA) is 80.0 Å². The van der Waals surface area contributed by atoms with Gasteiger partial charge in [-0.1, -0.05) is 12.1 Å². The molecule has 1 saturated heterocycles. The van der Waals surface area contributed by atoms with Crippen LogP contribution in [0.5, 0.6) is 0 Å². The summed E-state index contributed by atoms with van der Waals surface area (Å²) in [6.45, 7) is 2.89. The Morgan fingerprint density at radius 3 is 3.19 bits per heavy atom. The maximum absolute atomic E-state index is 10.9. The second-order valence-electron chi connectivity index (χ2n) is 3.42. The molecule has 0 bridgehead atoms. The van der Waals surface area contributed by atoms with Crippen LogP contribution in [0.15, 0.2) is 4.52 Å². The molecule has 1 amide bonds. The maximum Gasteiger partial charge on any atom is 0.245 e. The SMILES string of the molecule is CCSCc1noc(C2CNC(=O)CN2)n1. The van der Waals surface area contributed by atoms with Gasteiger partial charge in [-0.25, -0.2) is 0 Å². The Bertz CT molecular complexity index is 358. The first-order valence-electron chi connectivity index (χ1n) is 5.20. The molecule has 1 aromatic heterocycles. The van der Waals surface area contributed by atoms with Crippen LogP contribution in [0.25, 0.3) is 0 Å². The predicted molar refractivity (Wildman–Crippen MR) is 59.9 cm³/mol. The monoisotopic (exact) mass is 242 g/mol. The fraction of sp³-hybridized carbons (Fsp3) is 0.667. The smallest absolute Gasteiger partial charge is 0.245 e. The first kappa shape index (κ1) is 11.4. The molecule has 2 rings (SSSR count). The fourth-order valence-corrected chi connectivity index (χ4v) is 1.91. The maximum atomic E-state index is 10.9. The van der Waals surface area contributed by atoms with Gasteiger partial charge in [0.25, 0.3) is 0 Å². The molecule has 2 N–H and O–H groups in total. The van der Waals surface area contributed by atoms with Gasteiger partial charge in [-0.05, 0) is 5.75 Å². The van der Waals surface area contributed by atoms with E-state index in [0.29, 0.717) is 24.8 Å². The Balaban J connectivity index is 1.93. The van der Waals surface area contributed by atoms with E-state index in [1.165, 1.54) is 0 Å². The number of amides is 1. The van der Waals surface area contributed by atoms with Gasteiger partial charge in [-0.15, -0.1) is 0 Å². The number of carbonyl (C=O) groups excluding carboxylic acids is 1. The van der Waals surface area contributed by atoms with Gasteiger partial charge in [0.05, 0.1) is 12.3 Å². The zero-order chi connectivity index (χ0) is 11.4. The molecular formula is C9H14N4O2S. The summed E-state index contributed by atoms with van der Waals surface area (Å²) in [6, 6.07) is -0.0643. The van der Waals surface area contributed by atoms with Crippen LogP contribution in [0.1, 0.15) is 24.7 Å². The number of hydrogen-bond donors (Lipinski definition) is 2. The first-order chi connectivity index (χ1) is 7.79. The van der Waals surface area contributed by atoms with Gasteiger partial charge in [0.1, 0.15) is 6.04 Å². The van der Waals surface area contributed by atoms with E-state index in [2.05, 4.69) is 27.7 Å². The lowest BCUT2D eigenvalue weighted by Crippen LogP contribution is -2.47. The Morgan fingerprint density at radius 2 is 2.50 bits per heavy atom. The highest BCUT2D eigenvalue weighted by atomic mass is 32.2. The number of nitrogens with one attached hydrogen (secondary N) is 2. The van der Waals surface area contributed by atoms with Gasteiger partial charge in [0.15, 0.2) is 5.82 Å². The average molecular weight is 242 g/mol. The van der Waals surface area contributed by atoms with Gasteiger partial charge in [-0.3, -0.25) is 10.1 Å². The molecule has 0 spiro atoms. The zero-order valence-corrected chi connectivity index (χ0v) is 9.84. The highest BCUT2D eigenvalue weighted by molar-refractivity contribution is 7.98. The summed E-state index contributed by atoms with van der Waals surface area (Å²) in [4.78, 5) is 15.2. The fourth-order valence-electron chi connectivity index (χ4n) is 1.40. The molecule has 0 radical (unpaired) electrons. The number of thioether (sulfide) groups is 1. The van der Waals surface area contributed by atoms with Crippen LogP contribution < -0.4 is 10.6 Å². The van der Waals surface area contributed by atoms with E-state index in [4.69, 9.17) is 4.52 Å². The summed E-state index contributed by atoms with van der Waals surface area (Å²) in [6.07, 6.45) is 0. The number of aromatic nitrogens is 2. The van der Waals surface area contributed by atoms with E-state index in [0.717, 1.165) is 11.5 Å². The van der Waals surface area contributed by atoms with Crippen molar-refractivity contribution in [1.29, 1.82) is 0 Å². The second-order valence-corrected chi connectivity index (χ2v) is 4.70. The number of carbonyl (C=O) groups is 1. The predicted octanol–water partition coefficient (Wildman–Crippen LogP) is 0.0832. The van der Waals surface area contributed by atoms with Crippen molar-refractivity contribution < 1.29 is 9.32 Å². The molecule has 1 fully saturated rings. The highest BCUT2D eigenvalue weighted by Gasteiger charge is 2.23. The largest absolute Gasteiger partial charge is 0.353 e. The van der Waals surface area contributed by atoms with Crippen LogP contribution in [0.4, 0.5) is 0 Å². The lowest BCUT2D eigenvalue weighted by Gasteiger charge is -2.20. The number of hydrogen-bond acceptors (Lipinski definition) is 6. The van der Waals surface area contributed by atoms with E-state index < -0.39 is 0 Å². The molecule has 1 aliphatic heterocycles. The standard InChI is InChI=1S/C9H14N4O2S/c1-2-16-5-7-12-9(15-13-7)6-3-11-8(14)4-10-6/h6,10H,2-5H2,1H3,(H,11,14). The van der Waals surface area contributed by atoms with Gasteiger partial charge in [0, 0.05) is 6.54 Å². The normalized spacial score (nSPS) is 20.8. The van der Waals surface area contributed by atoms with Crippen molar-refractivity contribution in [3.63, 3.8) is 0 Å². The molecular weight excluding hydrogens is 228 g/mol. The van der Waals surface area contributed by atoms with Gasteiger partial charge in [-0.2, -0.15) is 16.7 Å². The molecule has 0 aliphatic carbocycles. The van der Waals surface area contributed by atoms with Crippen molar-refractivity contribution in [1.82, 2.24) is 20.8 Å². The quantitative estimate of drug-likeness (QED) is 0.778. The third-order valence-corrected chi connectivity index (χ3v) is 3.10. The molecule has 88 valence electrons. The van der Waals surface area contributed by atoms with Crippen LogP contribution in [-0.2, 0) is 10.5 Å². The van der Waals surface area contributed by atoms with Crippen molar-refractivity contribution in [3.05, 3.63) is 11.7 Å². The number of rotatable bonds is 4. The Kier molecular flexibility index (Phi) is 3.79. The van der Waals surface area contributed by atoms with Crippen LogP contribution in [0, 0.1) is 0 Å². The summed E-state index contributed by atoms with van der Waals surface area (Å²) in [7, 11) is 0. The van der Waals surface area contributed by atoms with Crippen molar-refractivity contribution in [3.8, 4) is 0 Å². The Hall–Kier alpha value is -1.08. The summed E-state index contributed by atoms with van der Waals surface area (Å²) in [5, 5.41) is 9.68. The van der Waals surface area contributed by atoms with E-state index in [9.17, 15) is 4.79 Å². The first-order valence-corrected chi connectivity index (χ1v) is 6.35. The Morgan fingerprint density at radius 1 is 1.62 bits per heavy atom. The molecule has 6 nitrogen and oxygen atoms in total. The summed E-state index contributed by atoms with van der Waals surface area (Å²) in [5.74, 6) is 3.05. The summed E-state index contributed by atoms with van der Waals surface area (Å²) < 4.78 is 5.15. The minimum absolute atomic E-state index is 0.00229. The van der Waals surface area contributed by atoms with Crippen molar-refractivity contribution >= 4 is 17.7 Å². The molecule has 0 saturated carbocycles. The molecule has 1 aromatic rings. The zero-order valence-electron chi connectivity index (χ0n) is 9.02. The molecule has 1 unspecified atom stereocenters.